The van der Waals surface area contributed by atoms with Gasteiger partial charge in [0.05, 0.1) is 23.8 Å². The molecule has 2 aromatic carbocycles. The Morgan fingerprint density at radius 3 is 2.45 bits per heavy atom. The lowest BCUT2D eigenvalue weighted by Gasteiger charge is -2.14. The van der Waals surface area contributed by atoms with Crippen LogP contribution in [-0.4, -0.2) is 43.9 Å². The number of nitrogens with one attached hydrogen (secondary N) is 3. The third-order valence-electron chi connectivity index (χ3n) is 3.97. The minimum absolute atomic E-state index is 0.0691. The fraction of sp³-hybridized carbons (Fsp3) is 0.286. The van der Waals surface area contributed by atoms with E-state index in [9.17, 15) is 9.59 Å². The monoisotopic (exact) mass is 577 g/mol. The van der Waals surface area contributed by atoms with Crippen molar-refractivity contribution in [2.45, 2.75) is 12.8 Å². The molecule has 178 valence electrons. The lowest BCUT2D eigenvalue weighted by atomic mass is 10.2. The van der Waals surface area contributed by atoms with E-state index in [2.05, 4.69) is 32.1 Å². The van der Waals surface area contributed by atoms with Gasteiger partial charge >= 0.3 is 0 Å². The molecular formula is C21H22BrCl2N3O5S. The van der Waals surface area contributed by atoms with Crippen molar-refractivity contribution in [1.29, 1.82) is 0 Å². The van der Waals surface area contributed by atoms with Gasteiger partial charge in [-0.2, -0.15) is 0 Å². The molecule has 0 aliphatic rings. The lowest BCUT2D eigenvalue weighted by molar-refractivity contribution is -0.121. The highest BCUT2D eigenvalue weighted by Crippen LogP contribution is 2.27. The first-order chi connectivity index (χ1) is 15.8. The van der Waals surface area contributed by atoms with Crippen LogP contribution >= 0.6 is 51.3 Å². The van der Waals surface area contributed by atoms with Crippen molar-refractivity contribution in [3.63, 3.8) is 0 Å². The normalized spacial score (nSPS) is 10.3. The molecule has 3 N–H and O–H groups in total. The second kappa shape index (κ2) is 14.2. The molecule has 33 heavy (non-hydrogen) atoms. The molecule has 2 amide bonds. The van der Waals surface area contributed by atoms with E-state index in [4.69, 9.17) is 49.6 Å². The summed E-state index contributed by atoms with van der Waals surface area (Å²) in [6, 6.07) is 9.91. The Balaban J connectivity index is 1.74. The van der Waals surface area contributed by atoms with Crippen molar-refractivity contribution in [3.8, 4) is 11.5 Å². The summed E-state index contributed by atoms with van der Waals surface area (Å²) in [7, 11) is 1.55. The first-order valence-electron chi connectivity index (χ1n) is 9.69. The van der Waals surface area contributed by atoms with Crippen molar-refractivity contribution in [3.05, 3.63) is 56.5 Å². The Bertz CT molecular complexity index is 996. The Labute approximate surface area is 215 Å². The lowest BCUT2D eigenvalue weighted by Crippen LogP contribution is -2.48. The summed E-state index contributed by atoms with van der Waals surface area (Å²) < 4.78 is 16.7. The molecule has 0 heterocycles. The molecule has 0 saturated heterocycles. The van der Waals surface area contributed by atoms with E-state index >= 15 is 0 Å². The van der Waals surface area contributed by atoms with Crippen molar-refractivity contribution in [1.82, 2.24) is 16.2 Å². The molecule has 0 bridgehead atoms. The fourth-order valence-corrected chi connectivity index (χ4v) is 3.41. The second-order valence-electron chi connectivity index (χ2n) is 6.46. The second-order valence-corrected chi connectivity index (χ2v) is 8.63. The fourth-order valence-electron chi connectivity index (χ4n) is 2.44. The van der Waals surface area contributed by atoms with Crippen LogP contribution < -0.4 is 25.6 Å². The summed E-state index contributed by atoms with van der Waals surface area (Å²) in [5.41, 5.74) is 5.19. The zero-order valence-electron chi connectivity index (χ0n) is 17.6. The van der Waals surface area contributed by atoms with Crippen LogP contribution in [0.4, 0.5) is 0 Å². The Morgan fingerprint density at radius 2 is 1.73 bits per heavy atom. The number of ether oxygens (including phenoxy) is 3. The molecule has 0 atom stereocenters. The van der Waals surface area contributed by atoms with E-state index in [0.29, 0.717) is 39.0 Å². The number of methoxy groups -OCH3 is 1. The molecule has 12 heteroatoms. The van der Waals surface area contributed by atoms with Crippen molar-refractivity contribution in [2.75, 3.05) is 26.9 Å². The van der Waals surface area contributed by atoms with Gasteiger partial charge in [-0.1, -0.05) is 39.1 Å². The van der Waals surface area contributed by atoms with Crippen LogP contribution in [-0.2, 0) is 9.53 Å². The first-order valence-corrected chi connectivity index (χ1v) is 11.6. The van der Waals surface area contributed by atoms with Crippen LogP contribution in [0.3, 0.4) is 0 Å². The van der Waals surface area contributed by atoms with Gasteiger partial charge < -0.3 is 14.2 Å². The maximum Gasteiger partial charge on any atom is 0.261 e. The van der Waals surface area contributed by atoms with Crippen LogP contribution in [0.1, 0.15) is 23.2 Å². The average Bonchev–Trinajstić information content (AvgIpc) is 2.77. The van der Waals surface area contributed by atoms with Crippen LogP contribution in [0.2, 0.25) is 10.0 Å². The molecule has 0 aliphatic heterocycles. The zero-order valence-corrected chi connectivity index (χ0v) is 21.5. The first kappa shape index (κ1) is 27.1. The molecule has 0 fully saturated rings. The predicted molar refractivity (Wildman–Crippen MR) is 134 cm³/mol. The van der Waals surface area contributed by atoms with E-state index in [1.807, 2.05) is 0 Å². The van der Waals surface area contributed by atoms with Gasteiger partial charge in [-0.25, -0.2) is 0 Å². The number of hydrogen-bond acceptors (Lipinski definition) is 6. The van der Waals surface area contributed by atoms with Crippen molar-refractivity contribution in [2.24, 2.45) is 0 Å². The highest BCUT2D eigenvalue weighted by molar-refractivity contribution is 9.10. The number of carbonyl (C=O) groups is 2. The summed E-state index contributed by atoms with van der Waals surface area (Å²) in [6.45, 7) is 0.941. The van der Waals surface area contributed by atoms with E-state index in [1.54, 1.807) is 43.5 Å². The summed E-state index contributed by atoms with van der Waals surface area (Å²) in [4.78, 5) is 24.6. The Morgan fingerprint density at radius 1 is 1.00 bits per heavy atom. The van der Waals surface area contributed by atoms with Gasteiger partial charge in [0.2, 0.25) is 5.91 Å². The number of thiocarbonyl (C=S) groups is 1. The summed E-state index contributed by atoms with van der Waals surface area (Å²) in [5.74, 6) is 0.0362. The number of halogens is 3. The van der Waals surface area contributed by atoms with Gasteiger partial charge in [-0.15, -0.1) is 0 Å². The van der Waals surface area contributed by atoms with E-state index in [1.165, 1.54) is 0 Å². The van der Waals surface area contributed by atoms with Gasteiger partial charge in [0, 0.05) is 23.0 Å². The molecule has 2 aromatic rings. The van der Waals surface area contributed by atoms with E-state index in [-0.39, 0.29) is 36.2 Å². The maximum absolute atomic E-state index is 12.6. The molecule has 0 unspecified atom stereocenters. The predicted octanol–water partition coefficient (Wildman–Crippen LogP) is 4.28. The Hall–Kier alpha value is -2.11. The van der Waals surface area contributed by atoms with Gasteiger partial charge in [-0.05, 0) is 55.0 Å². The van der Waals surface area contributed by atoms with Crippen molar-refractivity contribution < 1.29 is 23.8 Å². The minimum Gasteiger partial charge on any atom is -0.492 e. The molecule has 0 aromatic heterocycles. The van der Waals surface area contributed by atoms with Gasteiger partial charge in [0.1, 0.15) is 18.1 Å². The molecule has 8 nitrogen and oxygen atoms in total. The standard InChI is InChI=1S/C21H22BrCl2N3O5S/c1-30-9-10-32-17-6-4-13(22)11-15(17)20(29)25-21(33)27-26-19(28)3-2-8-31-18-7-5-14(23)12-16(18)24/h4-7,11-12H,2-3,8-10H2,1H3,(H,26,28)(H2,25,27,29,33). The highest BCUT2D eigenvalue weighted by atomic mass is 79.9. The summed E-state index contributed by atoms with van der Waals surface area (Å²) >= 11 is 20.3. The summed E-state index contributed by atoms with van der Waals surface area (Å²) in [5, 5.41) is 3.33. The number of rotatable bonds is 10. The SMILES string of the molecule is COCCOc1ccc(Br)cc1C(=O)NC(=S)NNC(=O)CCCOc1ccc(Cl)cc1Cl. The number of benzene rings is 2. The third-order valence-corrected chi connectivity index (χ3v) is 5.20. The Kier molecular flexibility index (Phi) is 11.7. The topological polar surface area (TPSA) is 97.9 Å². The zero-order chi connectivity index (χ0) is 24.2. The largest absolute Gasteiger partial charge is 0.492 e. The third kappa shape index (κ3) is 9.73. The molecule has 0 spiro atoms. The highest BCUT2D eigenvalue weighted by Gasteiger charge is 2.15. The van der Waals surface area contributed by atoms with Crippen molar-refractivity contribution >= 4 is 68.3 Å². The summed E-state index contributed by atoms with van der Waals surface area (Å²) in [6.07, 6.45) is 0.601. The van der Waals surface area contributed by atoms with Crippen LogP contribution in [0.5, 0.6) is 11.5 Å². The average molecular weight is 579 g/mol. The number of hydrazine groups is 1. The van der Waals surface area contributed by atoms with Gasteiger partial charge in [0.15, 0.2) is 5.11 Å². The molecule has 0 aliphatic carbocycles. The van der Waals surface area contributed by atoms with Gasteiger partial charge in [0.25, 0.3) is 5.91 Å². The molecule has 2 rings (SSSR count). The maximum atomic E-state index is 12.6. The minimum atomic E-state index is -0.497. The molecule has 0 radical (unpaired) electrons. The van der Waals surface area contributed by atoms with Crippen LogP contribution in [0.25, 0.3) is 0 Å². The van der Waals surface area contributed by atoms with Gasteiger partial charge in [-0.3, -0.25) is 25.8 Å². The molecule has 0 saturated carbocycles. The molecular weight excluding hydrogens is 557 g/mol. The van der Waals surface area contributed by atoms with E-state index in [0.717, 1.165) is 0 Å². The number of carbonyl (C=O) groups excluding carboxylic acids is 2. The number of hydrogen-bond donors (Lipinski definition) is 3. The van der Waals surface area contributed by atoms with E-state index < -0.39 is 5.91 Å². The van der Waals surface area contributed by atoms with Crippen LogP contribution in [0, 0.1) is 0 Å². The number of amides is 2. The van der Waals surface area contributed by atoms with Crippen LogP contribution in [0.15, 0.2) is 40.9 Å². The smallest absolute Gasteiger partial charge is 0.261 e. The quantitative estimate of drug-likeness (QED) is 0.220.